The topological polar surface area (TPSA) is 136 Å². The van der Waals surface area contributed by atoms with Crippen molar-refractivity contribution in [1.29, 1.82) is 0 Å². The Morgan fingerprint density at radius 3 is 1.32 bits per heavy atom. The molecular formula is C24H16N6O4. The van der Waals surface area contributed by atoms with Gasteiger partial charge in [-0.2, -0.15) is 10.2 Å². The van der Waals surface area contributed by atoms with Crippen LogP contribution in [0.15, 0.2) is 84.9 Å². The summed E-state index contributed by atoms with van der Waals surface area (Å²) in [4.78, 5) is 33.1. The van der Waals surface area contributed by atoms with Crippen LogP contribution in [0.1, 0.15) is 21.2 Å². The lowest BCUT2D eigenvalue weighted by Gasteiger charge is -2.04. The molecule has 0 aliphatic rings. The van der Waals surface area contributed by atoms with Gasteiger partial charge in [0.2, 0.25) is 11.6 Å². The number of nitrogens with zero attached hydrogens (tertiary/aromatic N) is 4. The van der Waals surface area contributed by atoms with Crippen molar-refractivity contribution < 1.29 is 19.1 Å². The Kier molecular flexibility index (Phi) is 5.60. The van der Waals surface area contributed by atoms with Crippen LogP contribution in [0, 0.1) is 0 Å². The van der Waals surface area contributed by atoms with E-state index in [0.717, 1.165) is 11.1 Å². The summed E-state index contributed by atoms with van der Waals surface area (Å²) in [5, 5.41) is 13.2. The fraction of sp³-hybridized carbons (Fsp3) is 0. The van der Waals surface area contributed by atoms with Gasteiger partial charge in [0.25, 0.3) is 0 Å². The molecule has 2 aromatic heterocycles. The van der Waals surface area contributed by atoms with Gasteiger partial charge in [0.1, 0.15) is 11.5 Å². The Balaban J connectivity index is 1.20. The summed E-state index contributed by atoms with van der Waals surface area (Å²) in [5.41, 5.74) is 1.54. The quantitative estimate of drug-likeness (QED) is 0.294. The zero-order valence-electron chi connectivity index (χ0n) is 17.5. The summed E-state index contributed by atoms with van der Waals surface area (Å²) in [7, 11) is 0. The maximum atomic E-state index is 12.4. The third-order valence-corrected chi connectivity index (χ3v) is 4.67. The predicted molar refractivity (Wildman–Crippen MR) is 120 cm³/mol. The number of benzene rings is 3. The number of rotatable bonds is 6. The maximum absolute atomic E-state index is 12.4. The van der Waals surface area contributed by atoms with E-state index < -0.39 is 11.9 Å². The van der Waals surface area contributed by atoms with Crippen molar-refractivity contribution >= 4 is 11.9 Å². The molecule has 5 rings (SSSR count). The molecule has 0 spiro atoms. The van der Waals surface area contributed by atoms with E-state index in [2.05, 4.69) is 30.4 Å². The lowest BCUT2D eigenvalue weighted by Crippen LogP contribution is -2.11. The third-order valence-electron chi connectivity index (χ3n) is 4.67. The third kappa shape index (κ3) is 4.55. The van der Waals surface area contributed by atoms with Gasteiger partial charge in [-0.1, -0.05) is 60.7 Å². The number of hydrogen-bond acceptors (Lipinski definition) is 8. The summed E-state index contributed by atoms with van der Waals surface area (Å²) in [6, 6.07) is 24.4. The molecule has 0 radical (unpaired) electrons. The summed E-state index contributed by atoms with van der Waals surface area (Å²) >= 11 is 0. The number of hydrogen-bond donors (Lipinski definition) is 2. The van der Waals surface area contributed by atoms with Crippen LogP contribution < -0.4 is 9.47 Å². The number of aromatic nitrogens is 6. The van der Waals surface area contributed by atoms with Crippen molar-refractivity contribution in [3.05, 3.63) is 96.6 Å². The van der Waals surface area contributed by atoms with Gasteiger partial charge in [0, 0.05) is 11.1 Å². The molecule has 0 atom stereocenters. The standard InChI is InChI=1S/C24H16N6O4/c31-23(21-25-19(27-29-21)15-7-3-1-4-8-15)33-17-11-13-18(14-12-17)34-24(32)22-26-20(28-30-22)16-9-5-2-6-10-16/h1-14H,(H,25,27,29)(H,26,28,30). The molecule has 0 saturated heterocycles. The van der Waals surface area contributed by atoms with Gasteiger partial charge in [-0.25, -0.2) is 19.6 Å². The highest BCUT2D eigenvalue weighted by atomic mass is 16.5. The highest BCUT2D eigenvalue weighted by molar-refractivity contribution is 5.88. The summed E-state index contributed by atoms with van der Waals surface area (Å²) in [6.45, 7) is 0. The monoisotopic (exact) mass is 452 g/mol. The number of carbonyl (C=O) groups is 2. The molecule has 0 unspecified atom stereocenters. The largest absolute Gasteiger partial charge is 0.421 e. The Morgan fingerprint density at radius 2 is 0.941 bits per heavy atom. The summed E-state index contributed by atoms with van der Waals surface area (Å²) in [5.74, 6) is -0.205. The van der Waals surface area contributed by atoms with Gasteiger partial charge in [-0.05, 0) is 24.3 Å². The van der Waals surface area contributed by atoms with Crippen molar-refractivity contribution in [3.8, 4) is 34.3 Å². The number of esters is 2. The van der Waals surface area contributed by atoms with Gasteiger partial charge in [-0.3, -0.25) is 10.2 Å². The van der Waals surface area contributed by atoms with Crippen molar-refractivity contribution in [2.45, 2.75) is 0 Å². The molecule has 0 fully saturated rings. The van der Waals surface area contributed by atoms with Crippen LogP contribution in [0.5, 0.6) is 11.5 Å². The fourth-order valence-corrected chi connectivity index (χ4v) is 3.03. The molecule has 0 saturated carbocycles. The predicted octanol–water partition coefficient (Wildman–Crippen LogP) is 3.70. The number of carbonyl (C=O) groups excluding carboxylic acids is 2. The first-order valence-corrected chi connectivity index (χ1v) is 10.2. The van der Waals surface area contributed by atoms with Crippen LogP contribution in [0.4, 0.5) is 0 Å². The Labute approximate surface area is 192 Å². The minimum atomic E-state index is -0.700. The van der Waals surface area contributed by atoms with Gasteiger partial charge >= 0.3 is 11.9 Å². The van der Waals surface area contributed by atoms with Crippen LogP contribution in [0.3, 0.4) is 0 Å². The summed E-state index contributed by atoms with van der Waals surface area (Å²) < 4.78 is 10.6. The SMILES string of the molecule is O=C(Oc1ccc(OC(=O)c2nc(-c3ccccc3)n[nH]2)cc1)c1nc(-c2ccccc2)n[nH]1. The fourth-order valence-electron chi connectivity index (χ4n) is 3.03. The molecular weight excluding hydrogens is 436 g/mol. The van der Waals surface area contributed by atoms with Gasteiger partial charge in [-0.15, -0.1) is 0 Å². The van der Waals surface area contributed by atoms with E-state index in [-0.39, 0.29) is 23.1 Å². The van der Waals surface area contributed by atoms with Gasteiger partial charge < -0.3 is 9.47 Å². The minimum absolute atomic E-state index is 0.0334. The first-order chi connectivity index (χ1) is 16.7. The Morgan fingerprint density at radius 1 is 0.559 bits per heavy atom. The molecule has 10 heteroatoms. The Hall–Kier alpha value is -5.12. The second-order valence-corrected chi connectivity index (χ2v) is 7.00. The Bertz CT molecular complexity index is 1320. The van der Waals surface area contributed by atoms with Crippen LogP contribution in [-0.2, 0) is 0 Å². The lowest BCUT2D eigenvalue weighted by atomic mass is 10.2. The molecule has 3 aromatic carbocycles. The molecule has 0 bridgehead atoms. The molecule has 2 N–H and O–H groups in total. The van der Waals surface area contributed by atoms with E-state index in [1.807, 2.05) is 60.7 Å². The van der Waals surface area contributed by atoms with E-state index in [4.69, 9.17) is 9.47 Å². The first kappa shape index (κ1) is 20.8. The smallest absolute Gasteiger partial charge is 0.381 e. The van der Waals surface area contributed by atoms with E-state index in [0.29, 0.717) is 11.6 Å². The molecule has 5 aromatic rings. The van der Waals surface area contributed by atoms with Crippen LogP contribution in [0.2, 0.25) is 0 Å². The normalized spacial score (nSPS) is 10.6. The zero-order valence-corrected chi connectivity index (χ0v) is 17.5. The first-order valence-electron chi connectivity index (χ1n) is 10.2. The number of nitrogens with one attached hydrogen (secondary N) is 2. The van der Waals surface area contributed by atoms with Crippen LogP contribution in [-0.4, -0.2) is 42.3 Å². The highest BCUT2D eigenvalue weighted by Gasteiger charge is 2.17. The molecule has 34 heavy (non-hydrogen) atoms. The molecule has 0 amide bonds. The zero-order chi connectivity index (χ0) is 23.3. The molecule has 0 aliphatic carbocycles. The number of aromatic amines is 2. The summed E-state index contributed by atoms with van der Waals surface area (Å²) in [6.07, 6.45) is 0. The second kappa shape index (κ2) is 9.17. The maximum Gasteiger partial charge on any atom is 0.381 e. The number of H-pyrrole nitrogens is 2. The van der Waals surface area contributed by atoms with Crippen molar-refractivity contribution in [2.24, 2.45) is 0 Å². The van der Waals surface area contributed by atoms with Crippen molar-refractivity contribution in [2.75, 3.05) is 0 Å². The van der Waals surface area contributed by atoms with Crippen molar-refractivity contribution in [3.63, 3.8) is 0 Å². The van der Waals surface area contributed by atoms with Crippen LogP contribution in [0.25, 0.3) is 22.8 Å². The molecule has 10 nitrogen and oxygen atoms in total. The van der Waals surface area contributed by atoms with Crippen molar-refractivity contribution in [1.82, 2.24) is 30.4 Å². The second-order valence-electron chi connectivity index (χ2n) is 7.00. The lowest BCUT2D eigenvalue weighted by molar-refractivity contribution is 0.0707. The van der Waals surface area contributed by atoms with E-state index in [9.17, 15) is 9.59 Å². The van der Waals surface area contributed by atoms with E-state index in [1.165, 1.54) is 24.3 Å². The van der Waals surface area contributed by atoms with Gasteiger partial charge in [0.05, 0.1) is 0 Å². The van der Waals surface area contributed by atoms with Gasteiger partial charge in [0.15, 0.2) is 11.6 Å². The minimum Gasteiger partial charge on any atom is -0.421 e. The average Bonchev–Trinajstić information content (AvgIpc) is 3.57. The number of ether oxygens (including phenoxy) is 2. The van der Waals surface area contributed by atoms with E-state index in [1.54, 1.807) is 0 Å². The van der Waals surface area contributed by atoms with E-state index >= 15 is 0 Å². The highest BCUT2D eigenvalue weighted by Crippen LogP contribution is 2.20. The molecule has 166 valence electrons. The average molecular weight is 452 g/mol. The van der Waals surface area contributed by atoms with Crippen LogP contribution >= 0.6 is 0 Å². The molecule has 0 aliphatic heterocycles. The molecule has 2 heterocycles.